The van der Waals surface area contributed by atoms with Crippen molar-refractivity contribution in [2.75, 3.05) is 6.54 Å². The molecule has 5 heteroatoms. The fourth-order valence-corrected chi connectivity index (χ4v) is 2.06. The standard InChI is InChI=1S/C14H23N3O2/c1-10(2)7-14(3,19)9-17-13(18)11-4-5-16-12(6-11)8-15/h4-6,10,19H,7-9,15H2,1-3H3,(H,17,18). The van der Waals surface area contributed by atoms with Gasteiger partial charge in [0.1, 0.15) is 0 Å². The number of aromatic nitrogens is 1. The Morgan fingerprint density at radius 2 is 2.26 bits per heavy atom. The normalized spacial score (nSPS) is 14.2. The summed E-state index contributed by atoms with van der Waals surface area (Å²) in [6.45, 7) is 6.32. The molecule has 5 nitrogen and oxygen atoms in total. The van der Waals surface area contributed by atoms with Crippen molar-refractivity contribution in [1.29, 1.82) is 0 Å². The van der Waals surface area contributed by atoms with E-state index in [0.717, 1.165) is 0 Å². The smallest absolute Gasteiger partial charge is 0.251 e. The van der Waals surface area contributed by atoms with Gasteiger partial charge in [0.15, 0.2) is 0 Å². The molecule has 4 N–H and O–H groups in total. The number of carbonyl (C=O) groups is 1. The van der Waals surface area contributed by atoms with Crippen LogP contribution in [0.25, 0.3) is 0 Å². The summed E-state index contributed by atoms with van der Waals surface area (Å²) in [7, 11) is 0. The lowest BCUT2D eigenvalue weighted by Crippen LogP contribution is -2.41. The number of hydrogen-bond donors (Lipinski definition) is 3. The number of nitrogens with one attached hydrogen (secondary N) is 1. The average molecular weight is 265 g/mol. The Morgan fingerprint density at radius 1 is 1.58 bits per heavy atom. The Hall–Kier alpha value is -1.46. The van der Waals surface area contributed by atoms with Gasteiger partial charge in [-0.3, -0.25) is 9.78 Å². The van der Waals surface area contributed by atoms with Crippen LogP contribution in [0.3, 0.4) is 0 Å². The predicted octanol–water partition coefficient (Wildman–Crippen LogP) is 1.07. The second kappa shape index (κ2) is 6.63. The summed E-state index contributed by atoms with van der Waals surface area (Å²) in [5, 5.41) is 12.9. The number of nitrogens with two attached hydrogens (primary N) is 1. The molecule has 1 amide bonds. The molecule has 0 bridgehead atoms. The van der Waals surface area contributed by atoms with Gasteiger partial charge in [-0.2, -0.15) is 0 Å². The molecule has 0 aliphatic carbocycles. The zero-order valence-corrected chi connectivity index (χ0v) is 11.8. The van der Waals surface area contributed by atoms with E-state index in [2.05, 4.69) is 10.3 Å². The van der Waals surface area contributed by atoms with Crippen LogP contribution in [0.5, 0.6) is 0 Å². The van der Waals surface area contributed by atoms with Crippen LogP contribution in [0.15, 0.2) is 18.3 Å². The van der Waals surface area contributed by atoms with Gasteiger partial charge >= 0.3 is 0 Å². The van der Waals surface area contributed by atoms with Crippen LogP contribution in [0, 0.1) is 5.92 Å². The Morgan fingerprint density at radius 3 is 2.84 bits per heavy atom. The van der Waals surface area contributed by atoms with E-state index in [1.807, 2.05) is 13.8 Å². The summed E-state index contributed by atoms with van der Waals surface area (Å²) in [5.41, 5.74) is 5.77. The minimum absolute atomic E-state index is 0.221. The minimum Gasteiger partial charge on any atom is -0.388 e. The number of amides is 1. The number of carbonyl (C=O) groups excluding carboxylic acids is 1. The zero-order valence-electron chi connectivity index (χ0n) is 11.8. The Kier molecular flexibility index (Phi) is 5.44. The minimum atomic E-state index is -0.895. The van der Waals surface area contributed by atoms with Crippen molar-refractivity contribution in [3.8, 4) is 0 Å². The molecule has 1 unspecified atom stereocenters. The molecule has 0 saturated carbocycles. The summed E-state index contributed by atoms with van der Waals surface area (Å²) in [6.07, 6.45) is 2.20. The monoisotopic (exact) mass is 265 g/mol. The number of pyridine rings is 1. The molecule has 1 aromatic rings. The quantitative estimate of drug-likeness (QED) is 0.718. The Labute approximate surface area is 114 Å². The molecule has 0 saturated heterocycles. The highest BCUT2D eigenvalue weighted by atomic mass is 16.3. The molecule has 0 aliphatic heterocycles. The number of aliphatic hydroxyl groups is 1. The Bertz CT molecular complexity index is 430. The molecule has 19 heavy (non-hydrogen) atoms. The van der Waals surface area contributed by atoms with Crippen molar-refractivity contribution >= 4 is 5.91 Å². The van der Waals surface area contributed by atoms with E-state index in [1.54, 1.807) is 25.3 Å². The number of hydrogen-bond acceptors (Lipinski definition) is 4. The molecule has 0 aliphatic rings. The first-order valence-corrected chi connectivity index (χ1v) is 6.49. The average Bonchev–Trinajstić information content (AvgIpc) is 2.34. The topological polar surface area (TPSA) is 88.2 Å². The maximum atomic E-state index is 12.0. The van der Waals surface area contributed by atoms with Crippen molar-refractivity contribution < 1.29 is 9.90 Å². The molecular weight excluding hydrogens is 242 g/mol. The fourth-order valence-electron chi connectivity index (χ4n) is 2.06. The molecule has 1 heterocycles. The van der Waals surface area contributed by atoms with E-state index in [4.69, 9.17) is 5.73 Å². The van der Waals surface area contributed by atoms with Crippen molar-refractivity contribution in [3.05, 3.63) is 29.6 Å². The molecule has 0 spiro atoms. The lowest BCUT2D eigenvalue weighted by atomic mass is 9.94. The van der Waals surface area contributed by atoms with Crippen molar-refractivity contribution in [2.45, 2.75) is 39.3 Å². The largest absolute Gasteiger partial charge is 0.388 e. The molecule has 0 radical (unpaired) electrons. The maximum absolute atomic E-state index is 12.0. The van der Waals surface area contributed by atoms with Crippen molar-refractivity contribution in [3.63, 3.8) is 0 Å². The second-order valence-electron chi connectivity index (χ2n) is 5.52. The van der Waals surface area contributed by atoms with Crippen molar-refractivity contribution in [2.24, 2.45) is 11.7 Å². The van der Waals surface area contributed by atoms with Gasteiger partial charge in [0.2, 0.25) is 0 Å². The molecular formula is C14H23N3O2. The van der Waals surface area contributed by atoms with Crippen LogP contribution in [0.4, 0.5) is 0 Å². The van der Waals surface area contributed by atoms with Gasteiger partial charge in [-0.25, -0.2) is 0 Å². The maximum Gasteiger partial charge on any atom is 0.251 e. The third kappa shape index (κ3) is 5.36. The highest BCUT2D eigenvalue weighted by Crippen LogP contribution is 2.15. The van der Waals surface area contributed by atoms with Gasteiger partial charge in [0.25, 0.3) is 5.91 Å². The molecule has 1 rings (SSSR count). The van der Waals surface area contributed by atoms with Crippen LogP contribution in [0.2, 0.25) is 0 Å². The van der Waals surface area contributed by atoms with E-state index >= 15 is 0 Å². The molecule has 0 aromatic carbocycles. The summed E-state index contributed by atoms with van der Waals surface area (Å²) < 4.78 is 0. The molecule has 1 aromatic heterocycles. The second-order valence-corrected chi connectivity index (χ2v) is 5.52. The Balaban J connectivity index is 2.60. The first kappa shape index (κ1) is 15.6. The van der Waals surface area contributed by atoms with E-state index in [9.17, 15) is 9.90 Å². The molecule has 106 valence electrons. The van der Waals surface area contributed by atoms with Gasteiger partial charge in [0, 0.05) is 24.8 Å². The lowest BCUT2D eigenvalue weighted by Gasteiger charge is -2.25. The first-order chi connectivity index (χ1) is 8.84. The summed E-state index contributed by atoms with van der Waals surface area (Å²) >= 11 is 0. The van der Waals surface area contributed by atoms with Crippen LogP contribution < -0.4 is 11.1 Å². The van der Waals surface area contributed by atoms with Gasteiger partial charge < -0.3 is 16.2 Å². The summed E-state index contributed by atoms with van der Waals surface area (Å²) in [5.74, 6) is 0.151. The van der Waals surface area contributed by atoms with Crippen LogP contribution in [-0.4, -0.2) is 28.1 Å². The number of rotatable bonds is 6. The van der Waals surface area contributed by atoms with Crippen molar-refractivity contribution in [1.82, 2.24) is 10.3 Å². The summed E-state index contributed by atoms with van der Waals surface area (Å²) in [6, 6.07) is 3.29. The SMILES string of the molecule is CC(C)CC(C)(O)CNC(=O)c1ccnc(CN)c1. The highest BCUT2D eigenvalue weighted by molar-refractivity contribution is 5.94. The molecule has 0 fully saturated rings. The fraction of sp³-hybridized carbons (Fsp3) is 0.571. The van der Waals surface area contributed by atoms with Gasteiger partial charge in [-0.05, 0) is 31.4 Å². The van der Waals surface area contributed by atoms with E-state index in [-0.39, 0.29) is 12.5 Å². The van der Waals surface area contributed by atoms with E-state index in [1.165, 1.54) is 0 Å². The first-order valence-electron chi connectivity index (χ1n) is 6.49. The third-order valence-electron chi connectivity index (χ3n) is 2.77. The summed E-state index contributed by atoms with van der Waals surface area (Å²) in [4.78, 5) is 16.0. The molecule has 1 atom stereocenters. The highest BCUT2D eigenvalue weighted by Gasteiger charge is 2.22. The van der Waals surface area contributed by atoms with Crippen LogP contribution in [0.1, 0.15) is 43.2 Å². The van der Waals surface area contributed by atoms with Crippen LogP contribution in [-0.2, 0) is 6.54 Å². The lowest BCUT2D eigenvalue weighted by molar-refractivity contribution is 0.0368. The zero-order chi connectivity index (χ0) is 14.5. The predicted molar refractivity (Wildman–Crippen MR) is 74.5 cm³/mol. The van der Waals surface area contributed by atoms with Gasteiger partial charge in [0.05, 0.1) is 11.3 Å². The number of nitrogens with zero attached hydrogens (tertiary/aromatic N) is 1. The third-order valence-corrected chi connectivity index (χ3v) is 2.77. The van der Waals surface area contributed by atoms with Gasteiger partial charge in [-0.15, -0.1) is 0 Å². The van der Waals surface area contributed by atoms with E-state index < -0.39 is 5.60 Å². The van der Waals surface area contributed by atoms with Gasteiger partial charge in [-0.1, -0.05) is 13.8 Å². The van der Waals surface area contributed by atoms with E-state index in [0.29, 0.717) is 30.1 Å². The van der Waals surface area contributed by atoms with Crippen LogP contribution >= 0.6 is 0 Å².